The Balaban J connectivity index is 2.50. The van der Waals surface area contributed by atoms with Crippen molar-refractivity contribution in [3.63, 3.8) is 0 Å². The third-order valence-electron chi connectivity index (χ3n) is 2.77. The Morgan fingerprint density at radius 2 is 2.05 bits per heavy atom. The third kappa shape index (κ3) is 3.19. The number of nitro groups is 1. The predicted octanol–water partition coefficient (Wildman–Crippen LogP) is 5.35. The average Bonchev–Trinajstić information content (AvgIpc) is 2.41. The van der Waals surface area contributed by atoms with Crippen molar-refractivity contribution in [2.75, 3.05) is 0 Å². The summed E-state index contributed by atoms with van der Waals surface area (Å²) in [6.07, 6.45) is 0. The molecule has 0 radical (unpaired) electrons. The van der Waals surface area contributed by atoms with E-state index in [9.17, 15) is 10.1 Å². The molecule has 0 unspecified atom stereocenters. The van der Waals surface area contributed by atoms with E-state index in [-0.39, 0.29) is 11.4 Å². The molecular weight excluding hydrogens is 390 g/mol. The van der Waals surface area contributed by atoms with Crippen LogP contribution in [0.3, 0.4) is 0 Å². The number of aryl methyl sites for hydroxylation is 1. The van der Waals surface area contributed by atoms with Crippen LogP contribution in [0.15, 0.2) is 40.9 Å². The number of nitrogens with zero attached hydrogens (tertiary/aromatic N) is 1. The van der Waals surface area contributed by atoms with Gasteiger partial charge in [-0.05, 0) is 24.6 Å². The highest BCUT2D eigenvalue weighted by atomic mass is 79.9. The maximum Gasteiger partial charge on any atom is 0.311 e. The summed E-state index contributed by atoms with van der Waals surface area (Å²) in [6.45, 7) is 1.79. The van der Waals surface area contributed by atoms with Crippen LogP contribution in [0.5, 0.6) is 11.5 Å². The van der Waals surface area contributed by atoms with Gasteiger partial charge < -0.3 is 4.74 Å². The van der Waals surface area contributed by atoms with Gasteiger partial charge in [-0.15, -0.1) is 0 Å². The van der Waals surface area contributed by atoms with Crippen molar-refractivity contribution in [1.82, 2.24) is 0 Å². The van der Waals surface area contributed by atoms with Gasteiger partial charge >= 0.3 is 5.69 Å². The van der Waals surface area contributed by atoms with Crippen LogP contribution in [0.25, 0.3) is 0 Å². The Morgan fingerprint density at radius 3 is 2.70 bits per heavy atom. The van der Waals surface area contributed by atoms with Crippen molar-refractivity contribution < 1.29 is 9.66 Å². The molecule has 0 heterocycles. The minimum absolute atomic E-state index is 0.0366. The van der Waals surface area contributed by atoms with Gasteiger partial charge in [-0.2, -0.15) is 0 Å². The highest BCUT2D eigenvalue weighted by molar-refractivity contribution is 9.10. The van der Waals surface area contributed by atoms with E-state index in [1.165, 1.54) is 6.07 Å². The van der Waals surface area contributed by atoms with E-state index < -0.39 is 4.92 Å². The van der Waals surface area contributed by atoms with Gasteiger partial charge in [0, 0.05) is 21.4 Å². The van der Waals surface area contributed by atoms with Gasteiger partial charge in [0.15, 0.2) is 0 Å². The van der Waals surface area contributed by atoms with Gasteiger partial charge in [0.2, 0.25) is 5.75 Å². The highest BCUT2D eigenvalue weighted by Crippen LogP contribution is 2.37. The molecule has 0 saturated carbocycles. The van der Waals surface area contributed by atoms with Crippen LogP contribution in [0.1, 0.15) is 11.1 Å². The van der Waals surface area contributed by atoms with Crippen LogP contribution >= 0.6 is 31.9 Å². The first-order chi connectivity index (χ1) is 9.52. The van der Waals surface area contributed by atoms with Crippen molar-refractivity contribution in [2.24, 2.45) is 0 Å². The first-order valence-electron chi connectivity index (χ1n) is 5.79. The van der Waals surface area contributed by atoms with Gasteiger partial charge in [-0.3, -0.25) is 10.1 Å². The molecule has 0 N–H and O–H groups in total. The molecule has 0 aliphatic carbocycles. The number of benzene rings is 2. The molecule has 0 aliphatic heterocycles. The number of para-hydroxylation sites is 1. The summed E-state index contributed by atoms with van der Waals surface area (Å²) >= 11 is 6.76. The van der Waals surface area contributed by atoms with E-state index in [1.807, 2.05) is 12.1 Å². The van der Waals surface area contributed by atoms with Crippen molar-refractivity contribution in [3.8, 4) is 11.5 Å². The van der Waals surface area contributed by atoms with E-state index in [0.29, 0.717) is 11.1 Å². The Kier molecular flexibility index (Phi) is 4.77. The van der Waals surface area contributed by atoms with Crippen molar-refractivity contribution in [1.29, 1.82) is 0 Å². The lowest BCUT2D eigenvalue weighted by molar-refractivity contribution is -0.385. The SMILES string of the molecule is Cc1cccc([N+](=O)[O-])c1Oc1cc(Br)ccc1CBr. The molecule has 0 amide bonds. The molecule has 0 saturated heterocycles. The van der Waals surface area contributed by atoms with Gasteiger partial charge in [0.25, 0.3) is 0 Å². The van der Waals surface area contributed by atoms with Gasteiger partial charge in [0.1, 0.15) is 5.75 Å². The summed E-state index contributed by atoms with van der Waals surface area (Å²) in [5.41, 5.74) is 1.61. The smallest absolute Gasteiger partial charge is 0.311 e. The third-order valence-corrected chi connectivity index (χ3v) is 3.87. The van der Waals surface area contributed by atoms with Crippen LogP contribution < -0.4 is 4.74 Å². The molecule has 2 aromatic carbocycles. The van der Waals surface area contributed by atoms with E-state index in [0.717, 1.165) is 15.6 Å². The largest absolute Gasteiger partial charge is 0.449 e. The predicted molar refractivity (Wildman–Crippen MR) is 84.7 cm³/mol. The Bertz CT molecular complexity index is 659. The van der Waals surface area contributed by atoms with Crippen LogP contribution in [-0.4, -0.2) is 4.92 Å². The summed E-state index contributed by atoms with van der Waals surface area (Å²) in [6, 6.07) is 10.5. The minimum Gasteiger partial charge on any atom is -0.449 e. The zero-order valence-electron chi connectivity index (χ0n) is 10.6. The van der Waals surface area contributed by atoms with E-state index in [4.69, 9.17) is 4.74 Å². The molecule has 0 aliphatic rings. The number of hydrogen-bond donors (Lipinski definition) is 0. The summed E-state index contributed by atoms with van der Waals surface area (Å²) in [4.78, 5) is 10.7. The van der Waals surface area contributed by atoms with E-state index >= 15 is 0 Å². The summed E-state index contributed by atoms with van der Waals surface area (Å²) in [5.74, 6) is 0.867. The number of nitro benzene ring substituents is 1. The van der Waals surface area contributed by atoms with Crippen LogP contribution in [0, 0.1) is 17.0 Å². The molecule has 0 spiro atoms. The Morgan fingerprint density at radius 1 is 1.30 bits per heavy atom. The number of alkyl halides is 1. The van der Waals surface area contributed by atoms with E-state index in [2.05, 4.69) is 31.9 Å². The Hall–Kier alpha value is -1.40. The molecule has 0 bridgehead atoms. The number of rotatable bonds is 4. The fraction of sp³-hybridized carbons (Fsp3) is 0.143. The van der Waals surface area contributed by atoms with Crippen LogP contribution in [0.2, 0.25) is 0 Å². The van der Waals surface area contributed by atoms with Crippen LogP contribution in [-0.2, 0) is 5.33 Å². The maximum absolute atomic E-state index is 11.1. The topological polar surface area (TPSA) is 52.4 Å². The molecule has 2 rings (SSSR count). The van der Waals surface area contributed by atoms with Crippen LogP contribution in [0.4, 0.5) is 5.69 Å². The summed E-state index contributed by atoms with van der Waals surface area (Å²) in [7, 11) is 0. The normalized spacial score (nSPS) is 10.3. The fourth-order valence-corrected chi connectivity index (χ4v) is 2.56. The Labute approximate surface area is 133 Å². The lowest BCUT2D eigenvalue weighted by Crippen LogP contribution is -1.97. The molecular formula is C14H11Br2NO3. The standard InChI is InChI=1S/C14H11Br2NO3/c1-9-3-2-4-12(17(18)19)14(9)20-13-7-11(16)6-5-10(13)8-15/h2-7H,8H2,1H3. The lowest BCUT2D eigenvalue weighted by Gasteiger charge is -2.12. The molecule has 0 atom stereocenters. The second-order valence-electron chi connectivity index (χ2n) is 4.17. The van der Waals surface area contributed by atoms with Crippen molar-refractivity contribution in [3.05, 3.63) is 62.1 Å². The molecule has 104 valence electrons. The first kappa shape index (κ1) is 15.0. The molecule has 0 aromatic heterocycles. The van der Waals surface area contributed by atoms with Crippen molar-refractivity contribution in [2.45, 2.75) is 12.3 Å². The zero-order valence-corrected chi connectivity index (χ0v) is 13.8. The van der Waals surface area contributed by atoms with Gasteiger partial charge in [0.05, 0.1) is 4.92 Å². The molecule has 0 fully saturated rings. The molecule has 2 aromatic rings. The molecule has 4 nitrogen and oxygen atoms in total. The number of halogens is 2. The first-order valence-corrected chi connectivity index (χ1v) is 7.70. The van der Waals surface area contributed by atoms with Crippen molar-refractivity contribution >= 4 is 37.5 Å². The lowest BCUT2D eigenvalue weighted by atomic mass is 10.2. The van der Waals surface area contributed by atoms with E-state index in [1.54, 1.807) is 25.1 Å². The zero-order chi connectivity index (χ0) is 14.7. The molecule has 6 heteroatoms. The monoisotopic (exact) mass is 399 g/mol. The second-order valence-corrected chi connectivity index (χ2v) is 5.64. The number of hydrogen-bond acceptors (Lipinski definition) is 3. The van der Waals surface area contributed by atoms with Gasteiger partial charge in [-0.25, -0.2) is 0 Å². The van der Waals surface area contributed by atoms with Gasteiger partial charge in [-0.1, -0.05) is 50.1 Å². The summed E-state index contributed by atoms with van der Waals surface area (Å²) < 4.78 is 6.66. The number of ether oxygens (including phenoxy) is 1. The average molecular weight is 401 g/mol. The highest BCUT2D eigenvalue weighted by Gasteiger charge is 2.18. The quantitative estimate of drug-likeness (QED) is 0.394. The minimum atomic E-state index is -0.436. The maximum atomic E-state index is 11.1. The fourth-order valence-electron chi connectivity index (χ4n) is 1.76. The second kappa shape index (κ2) is 6.37. The summed E-state index contributed by atoms with van der Waals surface area (Å²) in [5, 5.41) is 11.7. The molecule has 20 heavy (non-hydrogen) atoms.